The Morgan fingerprint density at radius 1 is 1.62 bits per heavy atom. The molecule has 3 atom stereocenters. The monoisotopic (exact) mass is 296 g/mol. The third-order valence-electron chi connectivity index (χ3n) is 3.55. The molecule has 1 aliphatic heterocycles. The van der Waals surface area contributed by atoms with Gasteiger partial charge in [0.25, 0.3) is 0 Å². The van der Waals surface area contributed by atoms with Crippen LogP contribution in [-0.2, 0) is 14.3 Å². The Bertz CT molecular complexity index is 488. The van der Waals surface area contributed by atoms with Crippen LogP contribution in [0.5, 0.6) is 0 Å². The summed E-state index contributed by atoms with van der Waals surface area (Å²) in [5, 5.41) is 12.5. The number of furan rings is 1. The normalized spacial score (nSPS) is 23.8. The van der Waals surface area contributed by atoms with Gasteiger partial charge in [-0.15, -0.1) is 0 Å². The van der Waals surface area contributed by atoms with Crippen molar-refractivity contribution in [3.63, 3.8) is 0 Å². The molecular weight excluding hydrogens is 276 g/mol. The highest BCUT2D eigenvalue weighted by atomic mass is 16.5. The lowest BCUT2D eigenvalue weighted by atomic mass is 10.2. The van der Waals surface area contributed by atoms with Gasteiger partial charge in [-0.25, -0.2) is 0 Å². The van der Waals surface area contributed by atoms with E-state index in [0.717, 1.165) is 0 Å². The van der Waals surface area contributed by atoms with Gasteiger partial charge in [-0.3, -0.25) is 14.5 Å². The summed E-state index contributed by atoms with van der Waals surface area (Å²) in [7, 11) is 1.30. The number of rotatable bonds is 5. The maximum Gasteiger partial charge on any atom is 0.323 e. The van der Waals surface area contributed by atoms with Crippen molar-refractivity contribution < 1.29 is 23.8 Å². The number of esters is 1. The largest absolute Gasteiger partial charge is 0.468 e. The zero-order chi connectivity index (χ0) is 15.4. The Hall–Kier alpha value is -1.86. The van der Waals surface area contributed by atoms with Gasteiger partial charge in [0.1, 0.15) is 11.8 Å². The summed E-state index contributed by atoms with van der Waals surface area (Å²) in [4.78, 5) is 25.3. The first-order valence-corrected chi connectivity index (χ1v) is 6.84. The first-order valence-electron chi connectivity index (χ1n) is 6.84. The number of aliphatic hydroxyl groups excluding tert-OH is 1. The molecule has 1 aromatic heterocycles. The maximum absolute atomic E-state index is 12.0. The summed E-state index contributed by atoms with van der Waals surface area (Å²) < 4.78 is 9.91. The lowest BCUT2D eigenvalue weighted by molar-refractivity contribution is -0.146. The van der Waals surface area contributed by atoms with E-state index in [9.17, 15) is 14.7 Å². The molecule has 1 saturated heterocycles. The summed E-state index contributed by atoms with van der Waals surface area (Å²) in [6.07, 6.45) is 1.21. The Kier molecular flexibility index (Phi) is 4.98. The maximum atomic E-state index is 12.0. The lowest BCUT2D eigenvalue weighted by Gasteiger charge is -2.22. The molecule has 0 spiro atoms. The molecule has 116 valence electrons. The molecule has 0 aliphatic carbocycles. The van der Waals surface area contributed by atoms with Crippen LogP contribution < -0.4 is 5.32 Å². The number of carbonyl (C=O) groups is 2. The number of likely N-dealkylation sites (tertiary alicyclic amines) is 1. The average molecular weight is 296 g/mol. The van der Waals surface area contributed by atoms with Crippen LogP contribution in [0.3, 0.4) is 0 Å². The number of nitrogens with one attached hydrogen (secondary N) is 1. The highest BCUT2D eigenvalue weighted by molar-refractivity contribution is 5.81. The zero-order valence-electron chi connectivity index (χ0n) is 12.1. The predicted molar refractivity (Wildman–Crippen MR) is 73.3 cm³/mol. The molecule has 3 unspecified atom stereocenters. The number of amides is 1. The standard InChI is InChI=1S/C14H20N2O5/c1-9(12-4-3-5-21-12)15-13(18)8-16-7-10(17)6-11(16)14(19)20-2/h3-5,9-11,17H,6-8H2,1-2H3,(H,15,18). The molecule has 1 fully saturated rings. The molecule has 0 radical (unpaired) electrons. The van der Waals surface area contributed by atoms with E-state index in [1.54, 1.807) is 23.3 Å². The highest BCUT2D eigenvalue weighted by Gasteiger charge is 2.37. The van der Waals surface area contributed by atoms with Crippen molar-refractivity contribution >= 4 is 11.9 Å². The first kappa shape index (κ1) is 15.5. The molecule has 2 heterocycles. The number of hydrogen-bond donors (Lipinski definition) is 2. The van der Waals surface area contributed by atoms with E-state index in [1.165, 1.54) is 7.11 Å². The van der Waals surface area contributed by atoms with Gasteiger partial charge in [0.15, 0.2) is 0 Å². The van der Waals surface area contributed by atoms with Crippen LogP contribution in [0, 0.1) is 0 Å². The van der Waals surface area contributed by atoms with Gasteiger partial charge in [-0.2, -0.15) is 0 Å². The highest BCUT2D eigenvalue weighted by Crippen LogP contribution is 2.19. The number of ether oxygens (including phenoxy) is 1. The Morgan fingerprint density at radius 2 is 2.38 bits per heavy atom. The van der Waals surface area contributed by atoms with Crippen molar-refractivity contribution in [2.24, 2.45) is 0 Å². The van der Waals surface area contributed by atoms with Gasteiger partial charge in [-0.05, 0) is 19.1 Å². The minimum absolute atomic E-state index is 0.0296. The summed E-state index contributed by atoms with van der Waals surface area (Å²) in [6, 6.07) is 2.70. The number of aliphatic hydroxyl groups is 1. The molecular formula is C14H20N2O5. The molecule has 7 heteroatoms. The topological polar surface area (TPSA) is 92.0 Å². The minimum atomic E-state index is -0.621. The van der Waals surface area contributed by atoms with Crippen molar-refractivity contribution in [2.45, 2.75) is 31.5 Å². The number of hydrogen-bond acceptors (Lipinski definition) is 6. The van der Waals surface area contributed by atoms with Gasteiger partial charge in [0.05, 0.1) is 32.1 Å². The quantitative estimate of drug-likeness (QED) is 0.747. The van der Waals surface area contributed by atoms with E-state index in [2.05, 4.69) is 5.32 Å². The van der Waals surface area contributed by atoms with Gasteiger partial charge >= 0.3 is 5.97 Å². The molecule has 0 bridgehead atoms. The summed E-state index contributed by atoms with van der Waals surface area (Å²) >= 11 is 0. The van der Waals surface area contributed by atoms with Crippen molar-refractivity contribution in [2.75, 3.05) is 20.2 Å². The second kappa shape index (κ2) is 6.73. The van der Waals surface area contributed by atoms with Crippen molar-refractivity contribution in [3.8, 4) is 0 Å². The van der Waals surface area contributed by atoms with E-state index in [0.29, 0.717) is 5.76 Å². The Labute approximate surface area is 122 Å². The van der Waals surface area contributed by atoms with Gasteiger partial charge < -0.3 is 19.6 Å². The molecule has 7 nitrogen and oxygen atoms in total. The number of nitrogens with zero attached hydrogens (tertiary/aromatic N) is 1. The second-order valence-corrected chi connectivity index (χ2v) is 5.16. The predicted octanol–water partition coefficient (Wildman–Crippen LogP) is 0.0650. The number of carbonyl (C=O) groups excluding carboxylic acids is 2. The van der Waals surface area contributed by atoms with Crippen LogP contribution in [0.1, 0.15) is 25.1 Å². The Balaban J connectivity index is 1.90. The van der Waals surface area contributed by atoms with E-state index >= 15 is 0 Å². The smallest absolute Gasteiger partial charge is 0.323 e. The first-order chi connectivity index (χ1) is 10.0. The third kappa shape index (κ3) is 3.83. The minimum Gasteiger partial charge on any atom is -0.468 e. The van der Waals surface area contributed by atoms with Crippen LogP contribution in [0.2, 0.25) is 0 Å². The fourth-order valence-corrected chi connectivity index (χ4v) is 2.52. The van der Waals surface area contributed by atoms with Crippen molar-refractivity contribution in [1.82, 2.24) is 10.2 Å². The fraction of sp³-hybridized carbons (Fsp3) is 0.571. The lowest BCUT2D eigenvalue weighted by Crippen LogP contribution is -2.44. The summed E-state index contributed by atoms with van der Waals surface area (Å²) in [6.45, 7) is 2.12. The zero-order valence-corrected chi connectivity index (χ0v) is 12.1. The average Bonchev–Trinajstić information content (AvgIpc) is 3.07. The number of methoxy groups -OCH3 is 1. The fourth-order valence-electron chi connectivity index (χ4n) is 2.52. The SMILES string of the molecule is COC(=O)C1CC(O)CN1CC(=O)NC(C)c1ccco1. The van der Waals surface area contributed by atoms with Crippen LogP contribution >= 0.6 is 0 Å². The number of β-amino-alcohol motifs (C(OH)–C–C–N with tert-alkyl or cyclic N) is 1. The van der Waals surface area contributed by atoms with Crippen LogP contribution in [-0.4, -0.2) is 54.2 Å². The molecule has 2 N–H and O–H groups in total. The van der Waals surface area contributed by atoms with Crippen LogP contribution in [0.4, 0.5) is 0 Å². The third-order valence-corrected chi connectivity index (χ3v) is 3.55. The summed E-state index contributed by atoms with van der Waals surface area (Å²) in [5.41, 5.74) is 0. The van der Waals surface area contributed by atoms with E-state index < -0.39 is 18.1 Å². The molecule has 21 heavy (non-hydrogen) atoms. The van der Waals surface area contributed by atoms with E-state index in [4.69, 9.17) is 9.15 Å². The van der Waals surface area contributed by atoms with Crippen molar-refractivity contribution in [1.29, 1.82) is 0 Å². The van der Waals surface area contributed by atoms with Gasteiger partial charge in [-0.1, -0.05) is 0 Å². The van der Waals surface area contributed by atoms with E-state index in [1.807, 2.05) is 6.92 Å². The second-order valence-electron chi connectivity index (χ2n) is 5.16. The van der Waals surface area contributed by atoms with Gasteiger partial charge in [0, 0.05) is 13.0 Å². The van der Waals surface area contributed by atoms with Crippen LogP contribution in [0.15, 0.2) is 22.8 Å². The molecule has 1 aromatic rings. The van der Waals surface area contributed by atoms with Crippen LogP contribution in [0.25, 0.3) is 0 Å². The molecule has 1 aliphatic rings. The summed E-state index contributed by atoms with van der Waals surface area (Å²) in [5.74, 6) is -0.00494. The van der Waals surface area contributed by atoms with E-state index in [-0.39, 0.29) is 31.5 Å². The molecule has 0 aromatic carbocycles. The van der Waals surface area contributed by atoms with Crippen molar-refractivity contribution in [3.05, 3.63) is 24.2 Å². The molecule has 0 saturated carbocycles. The molecule has 2 rings (SSSR count). The van der Waals surface area contributed by atoms with Gasteiger partial charge in [0.2, 0.25) is 5.91 Å². The molecule has 1 amide bonds. The Morgan fingerprint density at radius 3 is 3.00 bits per heavy atom.